The van der Waals surface area contributed by atoms with Crippen molar-refractivity contribution in [1.29, 1.82) is 0 Å². The summed E-state index contributed by atoms with van der Waals surface area (Å²) >= 11 is 0. The first kappa shape index (κ1) is 13.5. The van der Waals surface area contributed by atoms with Gasteiger partial charge in [-0.1, -0.05) is 6.07 Å². The summed E-state index contributed by atoms with van der Waals surface area (Å²) < 4.78 is 5.27. The normalized spacial score (nSPS) is 14.8. The molecule has 6 nitrogen and oxygen atoms in total. The molecular formula is C15H16N4O2. The smallest absolute Gasteiger partial charge is 0.254 e. The summed E-state index contributed by atoms with van der Waals surface area (Å²) in [5.41, 5.74) is 1.44. The molecule has 2 aromatic rings. The van der Waals surface area contributed by atoms with E-state index in [0.717, 1.165) is 5.69 Å². The molecule has 108 valence electrons. The number of morpholine rings is 1. The van der Waals surface area contributed by atoms with E-state index in [2.05, 4.69) is 15.3 Å². The fraction of sp³-hybridized carbons (Fsp3) is 0.267. The number of anilines is 2. The van der Waals surface area contributed by atoms with Crippen LogP contribution in [0.2, 0.25) is 0 Å². The highest BCUT2D eigenvalue weighted by Crippen LogP contribution is 2.16. The molecule has 3 rings (SSSR count). The van der Waals surface area contributed by atoms with E-state index >= 15 is 0 Å². The highest BCUT2D eigenvalue weighted by Gasteiger charge is 2.18. The van der Waals surface area contributed by atoms with Gasteiger partial charge in [0.05, 0.1) is 13.2 Å². The van der Waals surface area contributed by atoms with Gasteiger partial charge >= 0.3 is 0 Å². The highest BCUT2D eigenvalue weighted by atomic mass is 16.5. The third kappa shape index (κ3) is 3.35. The molecule has 1 aromatic heterocycles. The molecule has 1 aliphatic rings. The van der Waals surface area contributed by atoms with Crippen LogP contribution in [0.15, 0.2) is 42.7 Å². The average Bonchev–Trinajstić information content (AvgIpc) is 2.56. The summed E-state index contributed by atoms with van der Waals surface area (Å²) in [6.45, 7) is 2.47. The van der Waals surface area contributed by atoms with Crippen molar-refractivity contribution < 1.29 is 9.53 Å². The van der Waals surface area contributed by atoms with Crippen molar-refractivity contribution in [3.05, 3.63) is 48.3 Å². The van der Waals surface area contributed by atoms with Gasteiger partial charge in [-0.05, 0) is 24.3 Å². The fourth-order valence-corrected chi connectivity index (χ4v) is 2.17. The number of nitrogens with zero attached hydrogens (tertiary/aromatic N) is 3. The van der Waals surface area contributed by atoms with Gasteiger partial charge in [-0.2, -0.15) is 0 Å². The van der Waals surface area contributed by atoms with Crippen molar-refractivity contribution in [2.45, 2.75) is 0 Å². The summed E-state index contributed by atoms with van der Waals surface area (Å²) in [5, 5.41) is 3.08. The third-order valence-electron chi connectivity index (χ3n) is 3.23. The van der Waals surface area contributed by atoms with Crippen LogP contribution in [0, 0.1) is 0 Å². The lowest BCUT2D eigenvalue weighted by Crippen LogP contribution is -2.40. The van der Waals surface area contributed by atoms with Crippen LogP contribution in [0.3, 0.4) is 0 Å². The van der Waals surface area contributed by atoms with Gasteiger partial charge < -0.3 is 15.0 Å². The van der Waals surface area contributed by atoms with E-state index in [1.807, 2.05) is 29.2 Å². The van der Waals surface area contributed by atoms with E-state index in [1.165, 1.54) is 0 Å². The molecule has 0 radical (unpaired) electrons. The Morgan fingerprint density at radius 2 is 1.90 bits per heavy atom. The molecule has 0 atom stereocenters. The van der Waals surface area contributed by atoms with Gasteiger partial charge in [0.15, 0.2) is 0 Å². The number of ether oxygens (including phenoxy) is 1. The predicted molar refractivity (Wildman–Crippen MR) is 78.5 cm³/mol. The first-order chi connectivity index (χ1) is 10.3. The van der Waals surface area contributed by atoms with Crippen molar-refractivity contribution in [1.82, 2.24) is 14.9 Å². The van der Waals surface area contributed by atoms with Crippen molar-refractivity contribution in [3.63, 3.8) is 0 Å². The van der Waals surface area contributed by atoms with E-state index in [-0.39, 0.29) is 5.91 Å². The standard InChI is InChI=1S/C15H16N4O2/c20-14(19-7-9-21-10-8-19)12-3-1-4-13(11-12)18-15-16-5-2-6-17-15/h1-6,11H,7-10H2,(H,16,17,18). The third-order valence-corrected chi connectivity index (χ3v) is 3.23. The number of aromatic nitrogens is 2. The van der Waals surface area contributed by atoms with Gasteiger partial charge in [-0.3, -0.25) is 4.79 Å². The Morgan fingerprint density at radius 3 is 2.67 bits per heavy atom. The van der Waals surface area contributed by atoms with Crippen LogP contribution < -0.4 is 5.32 Å². The van der Waals surface area contributed by atoms with Crippen molar-refractivity contribution in [3.8, 4) is 0 Å². The summed E-state index contributed by atoms with van der Waals surface area (Å²) in [6.07, 6.45) is 3.33. The largest absolute Gasteiger partial charge is 0.378 e. The number of hydrogen-bond acceptors (Lipinski definition) is 5. The Kier molecular flexibility index (Phi) is 4.07. The molecule has 2 heterocycles. The number of nitrogens with one attached hydrogen (secondary N) is 1. The van der Waals surface area contributed by atoms with Crippen LogP contribution in [-0.4, -0.2) is 47.1 Å². The molecule has 1 amide bonds. The Hall–Kier alpha value is -2.47. The van der Waals surface area contributed by atoms with Gasteiger partial charge in [0.1, 0.15) is 0 Å². The lowest BCUT2D eigenvalue weighted by molar-refractivity contribution is 0.0303. The SMILES string of the molecule is O=C(c1cccc(Nc2ncccn2)c1)N1CCOCC1. The number of hydrogen-bond donors (Lipinski definition) is 1. The molecular weight excluding hydrogens is 268 g/mol. The Morgan fingerprint density at radius 1 is 1.14 bits per heavy atom. The molecule has 0 saturated carbocycles. The number of rotatable bonds is 3. The molecule has 1 N–H and O–H groups in total. The van der Waals surface area contributed by atoms with Crippen LogP contribution in [0.5, 0.6) is 0 Å². The van der Waals surface area contributed by atoms with E-state index in [4.69, 9.17) is 4.74 Å². The molecule has 1 fully saturated rings. The van der Waals surface area contributed by atoms with Gasteiger partial charge in [0.2, 0.25) is 5.95 Å². The monoisotopic (exact) mass is 284 g/mol. The average molecular weight is 284 g/mol. The van der Waals surface area contributed by atoms with E-state index in [9.17, 15) is 4.79 Å². The predicted octanol–water partition coefficient (Wildman–Crippen LogP) is 1.69. The molecule has 1 aliphatic heterocycles. The first-order valence-corrected chi connectivity index (χ1v) is 6.84. The van der Waals surface area contributed by atoms with Gasteiger partial charge in [0.25, 0.3) is 5.91 Å². The Bertz CT molecular complexity index is 612. The number of carbonyl (C=O) groups is 1. The van der Waals surface area contributed by atoms with Gasteiger partial charge in [-0.25, -0.2) is 9.97 Å². The molecule has 0 unspecified atom stereocenters. The minimum absolute atomic E-state index is 0.0240. The molecule has 6 heteroatoms. The summed E-state index contributed by atoms with van der Waals surface area (Å²) in [7, 11) is 0. The summed E-state index contributed by atoms with van der Waals surface area (Å²) in [5.74, 6) is 0.532. The van der Waals surface area contributed by atoms with Crippen molar-refractivity contribution >= 4 is 17.5 Å². The topological polar surface area (TPSA) is 67.4 Å². The van der Waals surface area contributed by atoms with E-state index in [0.29, 0.717) is 37.8 Å². The van der Waals surface area contributed by atoms with Gasteiger partial charge in [-0.15, -0.1) is 0 Å². The van der Waals surface area contributed by atoms with Crippen LogP contribution in [0.4, 0.5) is 11.6 Å². The lowest BCUT2D eigenvalue weighted by atomic mass is 10.1. The maximum Gasteiger partial charge on any atom is 0.254 e. The highest BCUT2D eigenvalue weighted by molar-refractivity contribution is 5.95. The number of amides is 1. The molecule has 0 spiro atoms. The minimum Gasteiger partial charge on any atom is -0.378 e. The molecule has 1 aromatic carbocycles. The van der Waals surface area contributed by atoms with Crippen molar-refractivity contribution in [2.24, 2.45) is 0 Å². The maximum absolute atomic E-state index is 12.4. The summed E-state index contributed by atoms with van der Waals surface area (Å²) in [6, 6.07) is 9.11. The summed E-state index contributed by atoms with van der Waals surface area (Å²) in [4.78, 5) is 22.4. The second kappa shape index (κ2) is 6.32. The number of benzene rings is 1. The second-order valence-corrected chi connectivity index (χ2v) is 4.68. The van der Waals surface area contributed by atoms with Crippen molar-refractivity contribution in [2.75, 3.05) is 31.6 Å². The Balaban J connectivity index is 1.75. The van der Waals surface area contributed by atoms with E-state index < -0.39 is 0 Å². The zero-order valence-corrected chi connectivity index (χ0v) is 11.5. The molecule has 21 heavy (non-hydrogen) atoms. The van der Waals surface area contributed by atoms with Crippen LogP contribution in [0.25, 0.3) is 0 Å². The first-order valence-electron chi connectivity index (χ1n) is 6.84. The quantitative estimate of drug-likeness (QED) is 0.929. The van der Waals surface area contributed by atoms with E-state index in [1.54, 1.807) is 18.5 Å². The van der Waals surface area contributed by atoms with Crippen LogP contribution >= 0.6 is 0 Å². The zero-order valence-electron chi connectivity index (χ0n) is 11.5. The molecule has 0 aliphatic carbocycles. The maximum atomic E-state index is 12.4. The van der Waals surface area contributed by atoms with Crippen LogP contribution in [-0.2, 0) is 4.74 Å². The number of carbonyl (C=O) groups excluding carboxylic acids is 1. The molecule has 1 saturated heterocycles. The minimum atomic E-state index is 0.0240. The zero-order chi connectivity index (χ0) is 14.5. The fourth-order valence-electron chi connectivity index (χ4n) is 2.17. The van der Waals surface area contributed by atoms with Crippen LogP contribution in [0.1, 0.15) is 10.4 Å². The Labute approximate surface area is 122 Å². The lowest BCUT2D eigenvalue weighted by Gasteiger charge is -2.27. The molecule has 0 bridgehead atoms. The van der Waals surface area contributed by atoms with Gasteiger partial charge in [0, 0.05) is 36.7 Å². The second-order valence-electron chi connectivity index (χ2n) is 4.68.